The number of nitrogens with two attached hydrogens (primary N) is 1. The maximum atomic E-state index is 5.71. The molecule has 4 heteroatoms. The molecule has 0 radical (unpaired) electrons. The summed E-state index contributed by atoms with van der Waals surface area (Å²) >= 11 is 0. The van der Waals surface area contributed by atoms with Gasteiger partial charge in [0.05, 0.1) is 7.11 Å². The Balaban J connectivity index is 2.17. The fraction of sp³-hybridized carbons (Fsp3) is 0.500. The lowest BCUT2D eigenvalue weighted by molar-refractivity contribution is 0.230. The van der Waals surface area contributed by atoms with E-state index in [2.05, 4.69) is 11.0 Å². The number of hydrogen-bond acceptors (Lipinski definition) is 4. The Kier molecular flexibility index (Phi) is 3.64. The molecule has 1 heterocycles. The van der Waals surface area contributed by atoms with Crippen molar-refractivity contribution in [2.45, 2.75) is 6.54 Å². The van der Waals surface area contributed by atoms with Crippen molar-refractivity contribution >= 4 is 0 Å². The second-order valence-electron chi connectivity index (χ2n) is 3.89. The van der Waals surface area contributed by atoms with E-state index >= 15 is 0 Å². The van der Waals surface area contributed by atoms with Gasteiger partial charge < -0.3 is 15.2 Å². The molecule has 1 aromatic carbocycles. The van der Waals surface area contributed by atoms with Crippen LogP contribution in [0.4, 0.5) is 0 Å². The molecule has 0 amide bonds. The van der Waals surface area contributed by atoms with Gasteiger partial charge >= 0.3 is 0 Å². The summed E-state index contributed by atoms with van der Waals surface area (Å²) < 4.78 is 10.9. The van der Waals surface area contributed by atoms with Crippen molar-refractivity contribution in [2.24, 2.45) is 5.73 Å². The Morgan fingerprint density at radius 3 is 3.12 bits per heavy atom. The highest BCUT2D eigenvalue weighted by molar-refractivity contribution is 5.41. The maximum absolute atomic E-state index is 5.71. The number of rotatable bonds is 3. The molecule has 0 aromatic heterocycles. The van der Waals surface area contributed by atoms with E-state index in [1.165, 1.54) is 5.56 Å². The zero-order valence-corrected chi connectivity index (χ0v) is 9.61. The minimum Gasteiger partial charge on any atom is -0.497 e. The number of ether oxygens (including phenoxy) is 2. The van der Waals surface area contributed by atoms with E-state index in [1.807, 2.05) is 12.1 Å². The van der Waals surface area contributed by atoms with Crippen molar-refractivity contribution in [1.29, 1.82) is 0 Å². The second kappa shape index (κ2) is 5.18. The summed E-state index contributed by atoms with van der Waals surface area (Å²) in [6.07, 6.45) is 0. The predicted octanol–water partition coefficient (Wildman–Crippen LogP) is 0.848. The minimum absolute atomic E-state index is 0.686. The third-order valence-corrected chi connectivity index (χ3v) is 2.78. The molecule has 0 atom stereocenters. The molecule has 0 spiro atoms. The Hall–Kier alpha value is -1.26. The highest BCUT2D eigenvalue weighted by atomic mass is 16.5. The van der Waals surface area contributed by atoms with Crippen LogP contribution in [0.3, 0.4) is 0 Å². The van der Waals surface area contributed by atoms with E-state index in [1.54, 1.807) is 7.11 Å². The van der Waals surface area contributed by atoms with Crippen molar-refractivity contribution in [2.75, 3.05) is 33.4 Å². The lowest BCUT2D eigenvalue weighted by atomic mass is 10.2. The van der Waals surface area contributed by atoms with Gasteiger partial charge in [0, 0.05) is 37.8 Å². The van der Waals surface area contributed by atoms with Crippen LogP contribution in [-0.2, 0) is 6.54 Å². The van der Waals surface area contributed by atoms with Crippen LogP contribution in [0.5, 0.6) is 11.5 Å². The summed E-state index contributed by atoms with van der Waals surface area (Å²) in [5.74, 6) is 1.77. The van der Waals surface area contributed by atoms with Crippen molar-refractivity contribution in [1.82, 2.24) is 4.90 Å². The molecule has 0 unspecified atom stereocenters. The van der Waals surface area contributed by atoms with Gasteiger partial charge in [-0.3, -0.25) is 4.90 Å². The fourth-order valence-electron chi connectivity index (χ4n) is 1.90. The average Bonchev–Trinajstić information content (AvgIpc) is 2.50. The number of benzene rings is 1. The highest BCUT2D eigenvalue weighted by Gasteiger charge is 2.14. The van der Waals surface area contributed by atoms with E-state index in [0.29, 0.717) is 13.2 Å². The molecule has 1 aliphatic heterocycles. The minimum atomic E-state index is 0.686. The number of fused-ring (bicyclic) bond motifs is 1. The summed E-state index contributed by atoms with van der Waals surface area (Å²) in [6, 6.07) is 5.97. The smallest absolute Gasteiger partial charge is 0.127 e. The van der Waals surface area contributed by atoms with E-state index in [4.69, 9.17) is 15.2 Å². The van der Waals surface area contributed by atoms with Crippen molar-refractivity contribution in [3.8, 4) is 11.5 Å². The molecule has 1 aromatic rings. The SMILES string of the molecule is COc1ccc2c(c1)OCCN(CCN)C2. The Morgan fingerprint density at radius 1 is 1.50 bits per heavy atom. The molecule has 0 bridgehead atoms. The van der Waals surface area contributed by atoms with E-state index in [0.717, 1.165) is 31.1 Å². The molecule has 0 saturated carbocycles. The fourth-order valence-corrected chi connectivity index (χ4v) is 1.90. The molecule has 2 N–H and O–H groups in total. The van der Waals surface area contributed by atoms with Gasteiger partial charge in [0.25, 0.3) is 0 Å². The van der Waals surface area contributed by atoms with E-state index in [9.17, 15) is 0 Å². The molecule has 4 nitrogen and oxygen atoms in total. The van der Waals surface area contributed by atoms with Crippen LogP contribution in [0.2, 0.25) is 0 Å². The lowest BCUT2D eigenvalue weighted by Gasteiger charge is -2.17. The molecule has 0 aliphatic carbocycles. The summed E-state index contributed by atoms with van der Waals surface area (Å²) in [6.45, 7) is 4.13. The topological polar surface area (TPSA) is 47.7 Å². The summed E-state index contributed by atoms with van der Waals surface area (Å²) in [5, 5.41) is 0. The first-order valence-electron chi connectivity index (χ1n) is 5.55. The van der Waals surface area contributed by atoms with Crippen LogP contribution in [0.15, 0.2) is 18.2 Å². The van der Waals surface area contributed by atoms with E-state index < -0.39 is 0 Å². The van der Waals surface area contributed by atoms with Crippen LogP contribution < -0.4 is 15.2 Å². The van der Waals surface area contributed by atoms with Gasteiger partial charge in [-0.05, 0) is 6.07 Å². The first-order valence-corrected chi connectivity index (χ1v) is 5.55. The molecule has 2 rings (SSSR count). The predicted molar refractivity (Wildman–Crippen MR) is 62.8 cm³/mol. The molecule has 88 valence electrons. The number of hydrogen-bond donors (Lipinski definition) is 1. The van der Waals surface area contributed by atoms with Gasteiger partial charge in [-0.15, -0.1) is 0 Å². The third kappa shape index (κ3) is 2.46. The zero-order valence-electron chi connectivity index (χ0n) is 9.61. The van der Waals surface area contributed by atoms with Crippen LogP contribution in [0.25, 0.3) is 0 Å². The maximum Gasteiger partial charge on any atom is 0.127 e. The van der Waals surface area contributed by atoms with Gasteiger partial charge in [-0.1, -0.05) is 6.07 Å². The largest absolute Gasteiger partial charge is 0.497 e. The first-order chi connectivity index (χ1) is 7.83. The zero-order chi connectivity index (χ0) is 11.4. The van der Waals surface area contributed by atoms with Gasteiger partial charge in [0.2, 0.25) is 0 Å². The standard InChI is InChI=1S/C12H18N2O2/c1-15-11-3-2-10-9-14(5-4-13)6-7-16-12(10)8-11/h2-3,8H,4-7,9,13H2,1H3. The molecular weight excluding hydrogens is 204 g/mol. The summed E-state index contributed by atoms with van der Waals surface area (Å²) in [7, 11) is 1.67. The Labute approximate surface area is 95.9 Å². The number of methoxy groups -OCH3 is 1. The van der Waals surface area contributed by atoms with Crippen molar-refractivity contribution in [3.63, 3.8) is 0 Å². The van der Waals surface area contributed by atoms with Gasteiger partial charge in [-0.25, -0.2) is 0 Å². The van der Waals surface area contributed by atoms with Crippen LogP contribution in [-0.4, -0.2) is 38.3 Å². The third-order valence-electron chi connectivity index (χ3n) is 2.78. The molecule has 0 saturated heterocycles. The Bertz CT molecular complexity index is 355. The molecule has 1 aliphatic rings. The van der Waals surface area contributed by atoms with Crippen LogP contribution in [0, 0.1) is 0 Å². The molecular formula is C12H18N2O2. The van der Waals surface area contributed by atoms with Crippen molar-refractivity contribution in [3.05, 3.63) is 23.8 Å². The normalized spacial score (nSPS) is 16.1. The number of nitrogens with zero attached hydrogens (tertiary/aromatic N) is 1. The monoisotopic (exact) mass is 222 g/mol. The van der Waals surface area contributed by atoms with Crippen LogP contribution in [0.1, 0.15) is 5.56 Å². The van der Waals surface area contributed by atoms with E-state index in [-0.39, 0.29) is 0 Å². The van der Waals surface area contributed by atoms with Crippen molar-refractivity contribution < 1.29 is 9.47 Å². The first kappa shape index (κ1) is 11.2. The Morgan fingerprint density at radius 2 is 2.38 bits per heavy atom. The summed E-state index contributed by atoms with van der Waals surface area (Å²) in [5.41, 5.74) is 6.77. The summed E-state index contributed by atoms with van der Waals surface area (Å²) in [4.78, 5) is 2.30. The second-order valence-corrected chi connectivity index (χ2v) is 3.89. The van der Waals surface area contributed by atoms with Gasteiger partial charge in [0.15, 0.2) is 0 Å². The van der Waals surface area contributed by atoms with Gasteiger partial charge in [-0.2, -0.15) is 0 Å². The molecule has 0 fully saturated rings. The average molecular weight is 222 g/mol. The van der Waals surface area contributed by atoms with Crippen LogP contribution >= 0.6 is 0 Å². The highest BCUT2D eigenvalue weighted by Crippen LogP contribution is 2.27. The quantitative estimate of drug-likeness (QED) is 0.823. The lowest BCUT2D eigenvalue weighted by Crippen LogP contribution is -2.30. The molecule has 16 heavy (non-hydrogen) atoms. The van der Waals surface area contributed by atoms with Gasteiger partial charge in [0.1, 0.15) is 18.1 Å².